The Kier molecular flexibility index (Phi) is 6.36. The number of nitrogens with two attached hydrogens (primary N) is 1. The molecule has 2 heterocycles. The van der Waals surface area contributed by atoms with Crippen molar-refractivity contribution in [3.8, 4) is 0 Å². The molecule has 162 valence electrons. The second-order valence-electron chi connectivity index (χ2n) is 7.90. The Hall–Kier alpha value is -2.74. The normalized spacial score (nSPS) is 18.4. The summed E-state index contributed by atoms with van der Waals surface area (Å²) >= 11 is 0. The lowest BCUT2D eigenvalue weighted by Crippen LogP contribution is -2.41. The van der Waals surface area contributed by atoms with E-state index in [1.807, 2.05) is 49.5 Å². The van der Waals surface area contributed by atoms with Crippen molar-refractivity contribution in [3.05, 3.63) is 90.3 Å². The van der Waals surface area contributed by atoms with E-state index in [0.29, 0.717) is 18.0 Å². The van der Waals surface area contributed by atoms with E-state index in [4.69, 9.17) is 5.73 Å². The van der Waals surface area contributed by atoms with Gasteiger partial charge >= 0.3 is 0 Å². The number of hydrogen-bond donors (Lipinski definition) is 1. The predicted molar refractivity (Wildman–Crippen MR) is 123 cm³/mol. The van der Waals surface area contributed by atoms with Crippen molar-refractivity contribution in [1.82, 2.24) is 9.88 Å². The molecule has 31 heavy (non-hydrogen) atoms. The summed E-state index contributed by atoms with van der Waals surface area (Å²) in [4.78, 5) is 6.81. The number of para-hydroxylation sites is 1. The third-order valence-corrected chi connectivity index (χ3v) is 7.77. The van der Waals surface area contributed by atoms with Crippen LogP contribution in [-0.4, -0.2) is 44.0 Å². The summed E-state index contributed by atoms with van der Waals surface area (Å²) in [6.45, 7) is 4.70. The van der Waals surface area contributed by atoms with E-state index in [1.165, 1.54) is 0 Å². The number of benzene rings is 2. The first-order valence-corrected chi connectivity index (χ1v) is 12.0. The molecule has 2 atom stereocenters. The Balaban J connectivity index is 1.66. The maximum absolute atomic E-state index is 13.5. The number of fused-ring (bicyclic) bond motifs is 1. The molecule has 0 amide bonds. The standard InChI is InChI=1S/C24H28N4O2S/c1-19-23(18-27(15-13-25)17-20-8-7-14-26-16-20)22-11-5-6-12-24(22)28(19)31(29,30)21-9-3-2-4-10-21/h2-12,14,16,19,23H,13,15,17-18,25H2,1H3. The van der Waals surface area contributed by atoms with Crippen LogP contribution in [0.5, 0.6) is 0 Å². The molecule has 0 saturated heterocycles. The summed E-state index contributed by atoms with van der Waals surface area (Å²) < 4.78 is 28.7. The van der Waals surface area contributed by atoms with Gasteiger partial charge in [0.05, 0.1) is 16.6 Å². The highest BCUT2D eigenvalue weighted by atomic mass is 32.2. The van der Waals surface area contributed by atoms with Gasteiger partial charge in [-0.1, -0.05) is 42.5 Å². The smallest absolute Gasteiger partial charge is 0.264 e. The van der Waals surface area contributed by atoms with Gasteiger partial charge in [-0.15, -0.1) is 0 Å². The van der Waals surface area contributed by atoms with Crippen LogP contribution in [0.1, 0.15) is 24.0 Å². The molecule has 0 fully saturated rings. The first kappa shape index (κ1) is 21.5. The third-order valence-electron chi connectivity index (χ3n) is 5.86. The average molecular weight is 437 g/mol. The number of nitrogens with zero attached hydrogens (tertiary/aromatic N) is 3. The van der Waals surface area contributed by atoms with Crippen LogP contribution >= 0.6 is 0 Å². The summed E-state index contributed by atoms with van der Waals surface area (Å²) in [5.74, 6) is 0.0397. The van der Waals surface area contributed by atoms with Gasteiger partial charge in [-0.2, -0.15) is 0 Å². The van der Waals surface area contributed by atoms with Crippen LogP contribution in [0.25, 0.3) is 0 Å². The molecular formula is C24H28N4O2S. The molecule has 1 aliphatic heterocycles. The van der Waals surface area contributed by atoms with E-state index in [-0.39, 0.29) is 12.0 Å². The molecule has 3 aromatic rings. The van der Waals surface area contributed by atoms with Crippen molar-refractivity contribution in [2.45, 2.75) is 30.3 Å². The van der Waals surface area contributed by atoms with Gasteiger partial charge in [0.25, 0.3) is 10.0 Å². The largest absolute Gasteiger partial charge is 0.329 e. The fourth-order valence-electron chi connectivity index (χ4n) is 4.40. The monoisotopic (exact) mass is 436 g/mol. The molecule has 1 aliphatic rings. The molecule has 0 radical (unpaired) electrons. The number of aromatic nitrogens is 1. The fraction of sp³-hybridized carbons (Fsp3) is 0.292. The minimum atomic E-state index is -3.66. The van der Waals surface area contributed by atoms with Crippen molar-refractivity contribution >= 4 is 15.7 Å². The Morgan fingerprint density at radius 3 is 2.48 bits per heavy atom. The summed E-state index contributed by atoms with van der Waals surface area (Å²) in [7, 11) is -3.66. The Morgan fingerprint density at radius 1 is 1.03 bits per heavy atom. The van der Waals surface area contributed by atoms with Crippen LogP contribution < -0.4 is 10.0 Å². The van der Waals surface area contributed by atoms with Crippen LogP contribution in [0.2, 0.25) is 0 Å². The zero-order valence-corrected chi connectivity index (χ0v) is 18.4. The van der Waals surface area contributed by atoms with Gasteiger partial charge in [-0.25, -0.2) is 8.42 Å². The third kappa shape index (κ3) is 4.35. The van der Waals surface area contributed by atoms with Gasteiger partial charge in [-0.05, 0) is 42.3 Å². The van der Waals surface area contributed by atoms with Crippen LogP contribution in [-0.2, 0) is 16.6 Å². The van der Waals surface area contributed by atoms with E-state index in [0.717, 1.165) is 29.9 Å². The Labute approximate surface area is 184 Å². The maximum Gasteiger partial charge on any atom is 0.264 e. The van der Waals surface area contributed by atoms with Crippen molar-refractivity contribution in [3.63, 3.8) is 0 Å². The predicted octanol–water partition coefficient (Wildman–Crippen LogP) is 3.22. The second-order valence-corrected chi connectivity index (χ2v) is 9.72. The summed E-state index contributed by atoms with van der Waals surface area (Å²) in [5, 5.41) is 0. The number of sulfonamides is 1. The molecule has 7 heteroatoms. The molecule has 2 N–H and O–H groups in total. The lowest BCUT2D eigenvalue weighted by atomic mass is 9.95. The van der Waals surface area contributed by atoms with Gasteiger partial charge in [-0.3, -0.25) is 14.2 Å². The Bertz CT molecular complexity index is 1110. The summed E-state index contributed by atoms with van der Waals surface area (Å²) in [6.07, 6.45) is 3.63. The number of pyridine rings is 1. The van der Waals surface area contributed by atoms with Gasteiger partial charge < -0.3 is 5.73 Å². The lowest BCUT2D eigenvalue weighted by Gasteiger charge is -2.30. The van der Waals surface area contributed by atoms with Crippen molar-refractivity contribution in [1.29, 1.82) is 0 Å². The van der Waals surface area contributed by atoms with E-state index in [1.54, 1.807) is 34.8 Å². The molecule has 0 saturated carbocycles. The molecule has 0 aliphatic carbocycles. The van der Waals surface area contributed by atoms with Crippen molar-refractivity contribution in [2.75, 3.05) is 23.9 Å². The fourth-order valence-corrected chi connectivity index (χ4v) is 6.13. The van der Waals surface area contributed by atoms with E-state index in [2.05, 4.69) is 16.0 Å². The first-order valence-electron chi connectivity index (χ1n) is 10.5. The zero-order chi connectivity index (χ0) is 21.8. The quantitative estimate of drug-likeness (QED) is 0.587. The number of rotatable bonds is 8. The average Bonchev–Trinajstić information content (AvgIpc) is 3.07. The van der Waals surface area contributed by atoms with E-state index >= 15 is 0 Å². The minimum Gasteiger partial charge on any atom is -0.329 e. The molecule has 6 nitrogen and oxygen atoms in total. The highest BCUT2D eigenvalue weighted by Gasteiger charge is 2.42. The second kappa shape index (κ2) is 9.18. The highest BCUT2D eigenvalue weighted by Crippen LogP contribution is 2.44. The van der Waals surface area contributed by atoms with Crippen LogP contribution in [0, 0.1) is 0 Å². The molecule has 1 aromatic heterocycles. The van der Waals surface area contributed by atoms with E-state index in [9.17, 15) is 8.42 Å². The van der Waals surface area contributed by atoms with Crippen molar-refractivity contribution in [2.24, 2.45) is 5.73 Å². The maximum atomic E-state index is 13.5. The van der Waals surface area contributed by atoms with Gasteiger partial charge in [0.2, 0.25) is 0 Å². The first-order chi connectivity index (χ1) is 15.0. The van der Waals surface area contributed by atoms with Crippen LogP contribution in [0.3, 0.4) is 0 Å². The molecular weight excluding hydrogens is 408 g/mol. The summed E-state index contributed by atoms with van der Waals surface area (Å²) in [5.41, 5.74) is 8.83. The molecule has 0 bridgehead atoms. The Morgan fingerprint density at radius 2 is 1.77 bits per heavy atom. The highest BCUT2D eigenvalue weighted by molar-refractivity contribution is 7.92. The van der Waals surface area contributed by atoms with Gasteiger partial charge in [0.1, 0.15) is 0 Å². The zero-order valence-electron chi connectivity index (χ0n) is 17.6. The number of anilines is 1. The lowest BCUT2D eigenvalue weighted by molar-refractivity contribution is 0.249. The number of hydrogen-bond acceptors (Lipinski definition) is 5. The topological polar surface area (TPSA) is 79.5 Å². The molecule has 2 unspecified atom stereocenters. The van der Waals surface area contributed by atoms with Gasteiger partial charge in [0, 0.05) is 44.5 Å². The summed E-state index contributed by atoms with van der Waals surface area (Å²) in [6, 6.07) is 20.2. The van der Waals surface area contributed by atoms with Crippen molar-refractivity contribution < 1.29 is 8.42 Å². The van der Waals surface area contributed by atoms with Crippen LogP contribution in [0.15, 0.2) is 84.0 Å². The molecule has 4 rings (SSSR count). The molecule has 2 aromatic carbocycles. The van der Waals surface area contributed by atoms with E-state index < -0.39 is 10.0 Å². The molecule has 0 spiro atoms. The van der Waals surface area contributed by atoms with Crippen LogP contribution in [0.4, 0.5) is 5.69 Å². The SMILES string of the molecule is CC1C(CN(CCN)Cc2cccnc2)c2ccccc2N1S(=O)(=O)c1ccccc1. The van der Waals surface area contributed by atoms with Gasteiger partial charge in [0.15, 0.2) is 0 Å². The minimum absolute atomic E-state index is 0.0397.